The van der Waals surface area contributed by atoms with E-state index in [1.54, 1.807) is 0 Å². The van der Waals surface area contributed by atoms with Crippen molar-refractivity contribution in [3.8, 4) is 11.8 Å². The van der Waals surface area contributed by atoms with Gasteiger partial charge in [0.25, 0.3) is 0 Å². The van der Waals surface area contributed by atoms with Crippen molar-refractivity contribution >= 4 is 23.6 Å². The van der Waals surface area contributed by atoms with Crippen LogP contribution in [0.25, 0.3) is 0 Å². The van der Waals surface area contributed by atoms with Crippen LogP contribution in [0.15, 0.2) is 10.6 Å². The number of methoxy groups -OCH3 is 1. The number of esters is 1. The van der Waals surface area contributed by atoms with Gasteiger partial charge >= 0.3 is 5.97 Å². The van der Waals surface area contributed by atoms with Crippen molar-refractivity contribution in [3.63, 3.8) is 0 Å². The SMILES string of the molecule is COC(=O)C1=C(N(C(=O)C2CCC(C)CC2)C2CCC3(CC2)OCCO3)CC(C#CC(C)(C)C)S1. The Hall–Kier alpha value is -1.49. The van der Waals surface area contributed by atoms with Crippen LogP contribution in [-0.2, 0) is 23.8 Å². The molecule has 1 saturated heterocycles. The van der Waals surface area contributed by atoms with E-state index in [-0.39, 0.29) is 34.5 Å². The highest BCUT2D eigenvalue weighted by Gasteiger charge is 2.46. The second-order valence-electron chi connectivity index (χ2n) is 11.6. The number of carbonyl (C=O) groups is 2. The molecule has 1 unspecified atom stereocenters. The Kier molecular flexibility index (Phi) is 8.25. The fraction of sp³-hybridized carbons (Fsp3) is 0.786. The number of nitrogens with zero attached hydrogens (tertiary/aromatic N) is 1. The zero-order valence-corrected chi connectivity index (χ0v) is 22.8. The summed E-state index contributed by atoms with van der Waals surface area (Å²) in [6.45, 7) is 9.79. The summed E-state index contributed by atoms with van der Waals surface area (Å²) < 4.78 is 17.1. The van der Waals surface area contributed by atoms with Crippen LogP contribution in [0.3, 0.4) is 0 Å². The lowest BCUT2D eigenvalue weighted by Crippen LogP contribution is -2.48. The van der Waals surface area contributed by atoms with Crippen LogP contribution in [0.4, 0.5) is 0 Å². The summed E-state index contributed by atoms with van der Waals surface area (Å²) >= 11 is 1.46. The zero-order valence-electron chi connectivity index (χ0n) is 22.0. The highest BCUT2D eigenvalue weighted by atomic mass is 32.2. The predicted octanol–water partition coefficient (Wildman–Crippen LogP) is 5.27. The molecule has 0 bridgehead atoms. The van der Waals surface area contributed by atoms with E-state index in [1.165, 1.54) is 18.9 Å². The highest BCUT2D eigenvalue weighted by Crippen LogP contribution is 2.45. The Morgan fingerprint density at radius 2 is 1.69 bits per heavy atom. The number of rotatable bonds is 4. The van der Waals surface area contributed by atoms with E-state index in [1.807, 2.05) is 4.90 Å². The van der Waals surface area contributed by atoms with Gasteiger partial charge in [-0.2, -0.15) is 0 Å². The second kappa shape index (κ2) is 10.9. The van der Waals surface area contributed by atoms with Gasteiger partial charge in [-0.15, -0.1) is 0 Å². The molecule has 2 heterocycles. The number of thioether (sulfide) groups is 1. The molecule has 1 amide bonds. The molecular formula is C28H41NO5S. The Balaban J connectivity index is 1.63. The Bertz CT molecular complexity index is 887. The summed E-state index contributed by atoms with van der Waals surface area (Å²) in [6.07, 6.45) is 7.72. The van der Waals surface area contributed by atoms with Crippen molar-refractivity contribution < 1.29 is 23.8 Å². The van der Waals surface area contributed by atoms with Gasteiger partial charge in [0.15, 0.2) is 5.79 Å². The third-order valence-electron chi connectivity index (χ3n) is 7.67. The summed E-state index contributed by atoms with van der Waals surface area (Å²) in [5, 5.41) is -0.0589. The highest BCUT2D eigenvalue weighted by molar-refractivity contribution is 8.05. The molecular weight excluding hydrogens is 462 g/mol. The first-order chi connectivity index (χ1) is 16.6. The maximum Gasteiger partial charge on any atom is 0.346 e. The molecule has 4 aliphatic rings. The van der Waals surface area contributed by atoms with Crippen LogP contribution >= 0.6 is 11.8 Å². The molecule has 3 fully saturated rings. The van der Waals surface area contributed by atoms with Crippen molar-refractivity contribution in [2.45, 2.75) is 103 Å². The number of amides is 1. The van der Waals surface area contributed by atoms with Gasteiger partial charge in [-0.05, 0) is 65.2 Å². The Morgan fingerprint density at radius 1 is 1.06 bits per heavy atom. The molecule has 6 nitrogen and oxygen atoms in total. The van der Waals surface area contributed by atoms with E-state index in [0.29, 0.717) is 30.5 Å². The summed E-state index contributed by atoms with van der Waals surface area (Å²) in [5.41, 5.74) is 0.690. The van der Waals surface area contributed by atoms with Crippen molar-refractivity contribution in [1.82, 2.24) is 4.90 Å². The fourth-order valence-electron chi connectivity index (χ4n) is 5.69. The summed E-state index contributed by atoms with van der Waals surface area (Å²) in [4.78, 5) is 29.5. The first kappa shape index (κ1) is 26.6. The molecule has 2 aliphatic carbocycles. The van der Waals surface area contributed by atoms with Crippen molar-refractivity contribution in [2.24, 2.45) is 17.3 Å². The van der Waals surface area contributed by atoms with Crippen LogP contribution in [0.1, 0.15) is 85.5 Å². The van der Waals surface area contributed by atoms with Gasteiger partial charge in [0.2, 0.25) is 5.91 Å². The van der Waals surface area contributed by atoms with E-state index < -0.39 is 5.79 Å². The summed E-state index contributed by atoms with van der Waals surface area (Å²) in [6, 6.07) is 0.0323. The molecule has 7 heteroatoms. The minimum Gasteiger partial charge on any atom is -0.465 e. The number of carbonyl (C=O) groups excluding carboxylic acids is 2. The van der Waals surface area contributed by atoms with E-state index in [0.717, 1.165) is 57.1 Å². The zero-order chi connectivity index (χ0) is 25.2. The quantitative estimate of drug-likeness (QED) is 0.385. The second-order valence-corrected chi connectivity index (χ2v) is 12.8. The number of allylic oxidation sites excluding steroid dienone is 1. The summed E-state index contributed by atoms with van der Waals surface area (Å²) in [7, 11) is 1.41. The first-order valence-corrected chi connectivity index (χ1v) is 14.1. The fourth-order valence-corrected chi connectivity index (χ4v) is 6.83. The van der Waals surface area contributed by atoms with E-state index in [4.69, 9.17) is 14.2 Å². The van der Waals surface area contributed by atoms with Gasteiger partial charge in [0, 0.05) is 42.3 Å². The lowest BCUT2D eigenvalue weighted by molar-refractivity contribution is -0.184. The lowest BCUT2D eigenvalue weighted by atomic mass is 9.81. The number of hydrogen-bond acceptors (Lipinski definition) is 6. The average molecular weight is 504 g/mol. The van der Waals surface area contributed by atoms with Crippen LogP contribution in [0.2, 0.25) is 0 Å². The summed E-state index contributed by atoms with van der Waals surface area (Å²) in [5.74, 6) is 6.69. The monoisotopic (exact) mass is 503 g/mol. The molecule has 0 radical (unpaired) electrons. The van der Waals surface area contributed by atoms with Crippen molar-refractivity contribution in [2.75, 3.05) is 20.3 Å². The van der Waals surface area contributed by atoms with Gasteiger partial charge < -0.3 is 19.1 Å². The number of ether oxygens (including phenoxy) is 3. The maximum absolute atomic E-state index is 14.1. The molecule has 0 aromatic carbocycles. The number of hydrogen-bond donors (Lipinski definition) is 0. The van der Waals surface area contributed by atoms with Crippen LogP contribution in [-0.4, -0.2) is 54.2 Å². The maximum atomic E-state index is 14.1. The molecule has 2 aliphatic heterocycles. The standard InChI is InChI=1S/C28H41NO5S/c1-19-6-8-20(9-7-19)25(30)29(21-10-14-28(15-11-21)33-16-17-34-28)23-18-22(12-13-27(2,3)4)35-24(23)26(31)32-5/h19-22H,6-11,14-18H2,1-5H3. The minimum atomic E-state index is -0.490. The van der Waals surface area contributed by atoms with Crippen LogP contribution in [0.5, 0.6) is 0 Å². The molecule has 4 rings (SSSR count). The van der Waals surface area contributed by atoms with Gasteiger partial charge in [0.05, 0.1) is 25.6 Å². The van der Waals surface area contributed by atoms with Gasteiger partial charge in [-0.1, -0.05) is 30.5 Å². The predicted molar refractivity (Wildman–Crippen MR) is 137 cm³/mol. The molecule has 1 spiro atoms. The molecule has 0 aromatic rings. The molecule has 35 heavy (non-hydrogen) atoms. The van der Waals surface area contributed by atoms with Crippen LogP contribution in [0, 0.1) is 29.1 Å². The lowest BCUT2D eigenvalue weighted by Gasteiger charge is -2.42. The van der Waals surface area contributed by atoms with Crippen molar-refractivity contribution in [1.29, 1.82) is 0 Å². The first-order valence-electron chi connectivity index (χ1n) is 13.2. The van der Waals surface area contributed by atoms with E-state index in [2.05, 4.69) is 39.5 Å². The van der Waals surface area contributed by atoms with E-state index in [9.17, 15) is 9.59 Å². The normalized spacial score (nSPS) is 29.1. The third-order valence-corrected chi connectivity index (χ3v) is 8.88. The topological polar surface area (TPSA) is 65.1 Å². The largest absolute Gasteiger partial charge is 0.465 e. The molecule has 2 saturated carbocycles. The minimum absolute atomic E-state index is 0.0113. The van der Waals surface area contributed by atoms with E-state index >= 15 is 0 Å². The van der Waals surface area contributed by atoms with Gasteiger partial charge in [-0.3, -0.25) is 4.79 Å². The Morgan fingerprint density at radius 3 is 2.26 bits per heavy atom. The Labute approximate surface area is 214 Å². The van der Waals surface area contributed by atoms with Crippen LogP contribution < -0.4 is 0 Å². The van der Waals surface area contributed by atoms with Crippen molar-refractivity contribution in [3.05, 3.63) is 10.6 Å². The molecule has 0 aromatic heterocycles. The average Bonchev–Trinajstić information content (AvgIpc) is 3.46. The molecule has 0 N–H and O–H groups in total. The third kappa shape index (κ3) is 6.26. The van der Waals surface area contributed by atoms with Gasteiger partial charge in [-0.25, -0.2) is 4.79 Å². The molecule has 1 atom stereocenters. The smallest absolute Gasteiger partial charge is 0.346 e. The van der Waals surface area contributed by atoms with Gasteiger partial charge in [0.1, 0.15) is 4.91 Å². The molecule has 194 valence electrons.